The Morgan fingerprint density at radius 3 is 2.41 bits per heavy atom. The lowest BCUT2D eigenvalue weighted by Crippen LogP contribution is -2.16. The Bertz CT molecular complexity index is 1110. The fourth-order valence-corrected chi connectivity index (χ4v) is 3.65. The van der Waals surface area contributed by atoms with E-state index in [0.717, 1.165) is 0 Å². The smallest absolute Gasteiger partial charge is 0.261 e. The van der Waals surface area contributed by atoms with Crippen molar-refractivity contribution in [3.63, 3.8) is 0 Å². The SMILES string of the molecule is C=CCOc1cccc(NC(=O)c2cccc(S(=O)(=O)Nc3ccccc3)c2)c1. The first kappa shape index (κ1) is 20.2. The molecule has 0 aliphatic carbocycles. The third-order valence-electron chi connectivity index (χ3n) is 3.89. The van der Waals surface area contributed by atoms with Gasteiger partial charge in [0.1, 0.15) is 12.4 Å². The summed E-state index contributed by atoms with van der Waals surface area (Å²) >= 11 is 0. The van der Waals surface area contributed by atoms with Gasteiger partial charge in [-0.1, -0.05) is 43.0 Å². The second-order valence-electron chi connectivity index (χ2n) is 6.08. The molecular formula is C22H20N2O4S. The van der Waals surface area contributed by atoms with Crippen LogP contribution in [0.1, 0.15) is 10.4 Å². The maximum Gasteiger partial charge on any atom is 0.261 e. The van der Waals surface area contributed by atoms with Crippen LogP contribution in [0.4, 0.5) is 11.4 Å². The minimum absolute atomic E-state index is 0.00271. The lowest BCUT2D eigenvalue weighted by molar-refractivity contribution is 0.102. The number of hydrogen-bond donors (Lipinski definition) is 2. The molecule has 7 heteroatoms. The molecule has 3 aromatic rings. The molecular weight excluding hydrogens is 388 g/mol. The maximum absolute atomic E-state index is 12.6. The van der Waals surface area contributed by atoms with E-state index in [2.05, 4.69) is 16.6 Å². The molecule has 148 valence electrons. The van der Waals surface area contributed by atoms with Crippen LogP contribution in [0.25, 0.3) is 0 Å². The minimum atomic E-state index is -3.82. The van der Waals surface area contributed by atoms with Gasteiger partial charge >= 0.3 is 0 Å². The first-order valence-electron chi connectivity index (χ1n) is 8.81. The zero-order valence-corrected chi connectivity index (χ0v) is 16.4. The first-order valence-corrected chi connectivity index (χ1v) is 10.3. The number of ether oxygens (including phenoxy) is 1. The van der Waals surface area contributed by atoms with E-state index >= 15 is 0 Å². The second-order valence-corrected chi connectivity index (χ2v) is 7.76. The highest BCUT2D eigenvalue weighted by molar-refractivity contribution is 7.92. The number of benzene rings is 3. The van der Waals surface area contributed by atoms with Crippen LogP contribution in [0.2, 0.25) is 0 Å². The molecule has 0 saturated carbocycles. The van der Waals surface area contributed by atoms with Crippen molar-refractivity contribution in [1.82, 2.24) is 0 Å². The number of anilines is 2. The predicted molar refractivity (Wildman–Crippen MR) is 114 cm³/mol. The summed E-state index contributed by atoms with van der Waals surface area (Å²) in [6.07, 6.45) is 1.63. The molecule has 0 spiro atoms. The fraction of sp³-hybridized carbons (Fsp3) is 0.0455. The monoisotopic (exact) mass is 408 g/mol. The summed E-state index contributed by atoms with van der Waals surface area (Å²) in [4.78, 5) is 12.6. The largest absolute Gasteiger partial charge is 0.489 e. The van der Waals surface area contributed by atoms with Crippen LogP contribution in [0, 0.1) is 0 Å². The zero-order valence-electron chi connectivity index (χ0n) is 15.5. The van der Waals surface area contributed by atoms with Crippen LogP contribution < -0.4 is 14.8 Å². The molecule has 6 nitrogen and oxygen atoms in total. The van der Waals surface area contributed by atoms with Gasteiger partial charge in [0.15, 0.2) is 0 Å². The van der Waals surface area contributed by atoms with E-state index in [1.54, 1.807) is 66.7 Å². The molecule has 0 aliphatic heterocycles. The van der Waals surface area contributed by atoms with Crippen molar-refractivity contribution in [1.29, 1.82) is 0 Å². The molecule has 1 amide bonds. The van der Waals surface area contributed by atoms with Crippen LogP contribution in [-0.2, 0) is 10.0 Å². The van der Waals surface area contributed by atoms with Gasteiger partial charge in [0.2, 0.25) is 0 Å². The number of amides is 1. The highest BCUT2D eigenvalue weighted by Crippen LogP contribution is 2.20. The van der Waals surface area contributed by atoms with Gasteiger partial charge in [-0.15, -0.1) is 0 Å². The van der Waals surface area contributed by atoms with E-state index in [-0.39, 0.29) is 10.5 Å². The summed E-state index contributed by atoms with van der Waals surface area (Å²) in [5.74, 6) is 0.161. The number of sulfonamides is 1. The molecule has 0 saturated heterocycles. The van der Waals surface area contributed by atoms with Gasteiger partial charge in [-0.05, 0) is 42.5 Å². The highest BCUT2D eigenvalue weighted by Gasteiger charge is 2.16. The van der Waals surface area contributed by atoms with E-state index in [1.165, 1.54) is 18.2 Å². The van der Waals surface area contributed by atoms with Crippen LogP contribution in [0.3, 0.4) is 0 Å². The second kappa shape index (κ2) is 9.07. The molecule has 0 aromatic heterocycles. The van der Waals surface area contributed by atoms with Gasteiger partial charge in [-0.3, -0.25) is 9.52 Å². The van der Waals surface area contributed by atoms with Crippen molar-refractivity contribution in [2.75, 3.05) is 16.6 Å². The number of carbonyl (C=O) groups is 1. The number of rotatable bonds is 8. The molecule has 0 atom stereocenters. The van der Waals surface area contributed by atoms with Gasteiger partial charge in [-0.25, -0.2) is 8.42 Å². The number of para-hydroxylation sites is 1. The van der Waals surface area contributed by atoms with E-state index in [4.69, 9.17) is 4.74 Å². The topological polar surface area (TPSA) is 84.5 Å². The molecule has 2 N–H and O–H groups in total. The fourth-order valence-electron chi connectivity index (χ4n) is 2.55. The Kier molecular flexibility index (Phi) is 6.31. The normalized spacial score (nSPS) is 10.8. The lowest BCUT2D eigenvalue weighted by atomic mass is 10.2. The van der Waals surface area contributed by atoms with Crippen LogP contribution >= 0.6 is 0 Å². The van der Waals surface area contributed by atoms with Gasteiger partial charge in [0.05, 0.1) is 4.90 Å². The Labute approximate surface area is 169 Å². The van der Waals surface area contributed by atoms with Gasteiger partial charge in [0, 0.05) is 23.0 Å². The highest BCUT2D eigenvalue weighted by atomic mass is 32.2. The van der Waals surface area contributed by atoms with E-state index < -0.39 is 15.9 Å². The molecule has 0 bridgehead atoms. The summed E-state index contributed by atoms with van der Waals surface area (Å²) in [6, 6.07) is 21.3. The van der Waals surface area contributed by atoms with Gasteiger partial charge in [0.25, 0.3) is 15.9 Å². The Morgan fingerprint density at radius 1 is 0.931 bits per heavy atom. The molecule has 0 aliphatic rings. The molecule has 0 heterocycles. The van der Waals surface area contributed by atoms with E-state index in [1.807, 2.05) is 0 Å². The first-order chi connectivity index (χ1) is 14.0. The van der Waals surface area contributed by atoms with E-state index in [9.17, 15) is 13.2 Å². The number of hydrogen-bond acceptors (Lipinski definition) is 4. The van der Waals surface area contributed by atoms with E-state index in [0.29, 0.717) is 23.7 Å². The Hall–Kier alpha value is -3.58. The summed E-state index contributed by atoms with van der Waals surface area (Å²) in [5, 5.41) is 2.74. The molecule has 29 heavy (non-hydrogen) atoms. The van der Waals surface area contributed by atoms with Crippen molar-refractivity contribution in [3.05, 3.63) is 97.1 Å². The number of nitrogens with one attached hydrogen (secondary N) is 2. The van der Waals surface area contributed by atoms with Crippen molar-refractivity contribution < 1.29 is 17.9 Å². The summed E-state index contributed by atoms with van der Waals surface area (Å²) in [5.41, 5.74) is 1.20. The van der Waals surface area contributed by atoms with Crippen molar-refractivity contribution >= 4 is 27.3 Å². The third-order valence-corrected chi connectivity index (χ3v) is 5.27. The van der Waals surface area contributed by atoms with Crippen molar-refractivity contribution in [2.45, 2.75) is 4.90 Å². The molecule has 3 rings (SSSR count). The average molecular weight is 408 g/mol. The third kappa shape index (κ3) is 5.46. The molecule has 0 fully saturated rings. The van der Waals surface area contributed by atoms with Crippen LogP contribution in [0.15, 0.2) is 96.4 Å². The number of carbonyl (C=O) groups excluding carboxylic acids is 1. The summed E-state index contributed by atoms with van der Waals surface area (Å²) in [6.45, 7) is 3.94. The quantitative estimate of drug-likeness (QED) is 0.544. The lowest BCUT2D eigenvalue weighted by Gasteiger charge is -2.10. The Morgan fingerprint density at radius 2 is 1.66 bits per heavy atom. The molecule has 0 unspecified atom stereocenters. The van der Waals surface area contributed by atoms with Gasteiger partial charge < -0.3 is 10.1 Å². The van der Waals surface area contributed by atoms with Crippen LogP contribution in [-0.4, -0.2) is 20.9 Å². The molecule has 3 aromatic carbocycles. The minimum Gasteiger partial charge on any atom is -0.489 e. The predicted octanol–water partition coefficient (Wildman–Crippen LogP) is 4.30. The van der Waals surface area contributed by atoms with Crippen LogP contribution in [0.5, 0.6) is 5.75 Å². The average Bonchev–Trinajstić information content (AvgIpc) is 2.73. The molecule has 0 radical (unpaired) electrons. The maximum atomic E-state index is 12.6. The Balaban J connectivity index is 1.76. The van der Waals surface area contributed by atoms with Gasteiger partial charge in [-0.2, -0.15) is 0 Å². The summed E-state index contributed by atoms with van der Waals surface area (Å²) < 4.78 is 33.2. The van der Waals surface area contributed by atoms with Crippen molar-refractivity contribution in [3.8, 4) is 5.75 Å². The standard InChI is InChI=1S/C22H20N2O4S/c1-2-14-28-20-12-7-11-19(16-20)23-22(25)17-8-6-13-21(15-17)29(26,27)24-18-9-4-3-5-10-18/h2-13,15-16,24H,1,14H2,(H,23,25). The summed E-state index contributed by atoms with van der Waals surface area (Å²) in [7, 11) is -3.82. The zero-order chi connectivity index (χ0) is 20.7. The van der Waals surface area contributed by atoms with Crippen molar-refractivity contribution in [2.24, 2.45) is 0 Å².